The average Bonchev–Trinajstić information content (AvgIpc) is 2.78. The van der Waals surface area contributed by atoms with Crippen LogP contribution in [0.3, 0.4) is 0 Å². The van der Waals surface area contributed by atoms with Crippen molar-refractivity contribution in [2.75, 3.05) is 0 Å². The predicted octanol–water partition coefficient (Wildman–Crippen LogP) is 3.24. The first kappa shape index (κ1) is 12.0. The van der Waals surface area contributed by atoms with Gasteiger partial charge in [0.05, 0.1) is 0 Å². The van der Waals surface area contributed by atoms with Crippen LogP contribution in [0.5, 0.6) is 11.6 Å². The minimum atomic E-state index is 0.355. The minimum Gasteiger partial charge on any atom is -0.437 e. The van der Waals surface area contributed by atoms with Crippen molar-refractivity contribution in [2.24, 2.45) is 5.73 Å². The van der Waals surface area contributed by atoms with Gasteiger partial charge in [0.15, 0.2) is 0 Å². The first-order valence-electron chi connectivity index (χ1n) is 5.87. The molecule has 4 nitrogen and oxygen atoms in total. The second-order valence-corrected chi connectivity index (χ2v) is 4.49. The summed E-state index contributed by atoms with van der Waals surface area (Å²) < 4.78 is 7.69. The molecule has 5 heteroatoms. The molecule has 0 radical (unpaired) electrons. The first-order chi connectivity index (χ1) is 9.28. The number of fused-ring (bicyclic) bond motifs is 1. The van der Waals surface area contributed by atoms with E-state index >= 15 is 0 Å². The zero-order chi connectivity index (χ0) is 13.2. The van der Waals surface area contributed by atoms with Crippen LogP contribution in [0.1, 0.15) is 5.69 Å². The van der Waals surface area contributed by atoms with Crippen LogP contribution >= 0.6 is 11.6 Å². The Morgan fingerprint density at radius 3 is 2.68 bits per heavy atom. The highest BCUT2D eigenvalue weighted by atomic mass is 35.5. The third kappa shape index (κ3) is 2.28. The van der Waals surface area contributed by atoms with E-state index in [0.717, 1.165) is 11.3 Å². The second kappa shape index (κ2) is 4.91. The summed E-state index contributed by atoms with van der Waals surface area (Å²) in [6, 6.07) is 12.9. The molecule has 0 aliphatic heterocycles. The maximum Gasteiger partial charge on any atom is 0.242 e. The average molecular weight is 274 g/mol. The predicted molar refractivity (Wildman–Crippen MR) is 74.6 cm³/mol. The standard InChI is InChI=1S/C14H12ClN3O/c15-10-4-6-11(7-5-10)19-14-12(9-16)18-8-2-1-3-13(18)17-14/h1-8H,9,16H2. The minimum absolute atomic E-state index is 0.355. The van der Waals surface area contributed by atoms with Gasteiger partial charge < -0.3 is 10.5 Å². The maximum absolute atomic E-state index is 5.84. The van der Waals surface area contributed by atoms with Crippen LogP contribution in [0, 0.1) is 0 Å². The van der Waals surface area contributed by atoms with E-state index in [1.807, 2.05) is 28.8 Å². The van der Waals surface area contributed by atoms with Crippen LogP contribution < -0.4 is 10.5 Å². The van der Waals surface area contributed by atoms with Crippen molar-refractivity contribution >= 4 is 17.2 Å². The fraction of sp³-hybridized carbons (Fsp3) is 0.0714. The van der Waals surface area contributed by atoms with Crippen molar-refractivity contribution in [1.82, 2.24) is 9.38 Å². The number of imidazole rings is 1. The number of benzene rings is 1. The normalized spacial score (nSPS) is 10.8. The van der Waals surface area contributed by atoms with E-state index in [4.69, 9.17) is 22.1 Å². The summed E-state index contributed by atoms with van der Waals surface area (Å²) in [5.41, 5.74) is 7.43. The molecular weight excluding hydrogens is 262 g/mol. The molecule has 19 heavy (non-hydrogen) atoms. The Hall–Kier alpha value is -2.04. The molecule has 0 saturated heterocycles. The molecule has 1 aromatic carbocycles. The van der Waals surface area contributed by atoms with E-state index in [1.165, 1.54) is 0 Å². The van der Waals surface area contributed by atoms with Gasteiger partial charge in [0.25, 0.3) is 0 Å². The highest BCUT2D eigenvalue weighted by Crippen LogP contribution is 2.26. The summed E-state index contributed by atoms with van der Waals surface area (Å²) in [6.07, 6.45) is 1.92. The highest BCUT2D eigenvalue weighted by molar-refractivity contribution is 6.30. The number of hydrogen-bond acceptors (Lipinski definition) is 3. The van der Waals surface area contributed by atoms with Gasteiger partial charge in [-0.3, -0.25) is 4.40 Å². The maximum atomic E-state index is 5.84. The van der Waals surface area contributed by atoms with E-state index in [0.29, 0.717) is 23.2 Å². The zero-order valence-electron chi connectivity index (χ0n) is 10.1. The molecule has 2 aromatic heterocycles. The molecule has 2 heterocycles. The summed E-state index contributed by atoms with van der Waals surface area (Å²) in [4.78, 5) is 4.43. The van der Waals surface area contributed by atoms with Gasteiger partial charge in [-0.1, -0.05) is 17.7 Å². The molecule has 0 bridgehead atoms. The molecule has 0 fully saturated rings. The second-order valence-electron chi connectivity index (χ2n) is 4.05. The number of nitrogens with two attached hydrogens (primary N) is 1. The van der Waals surface area contributed by atoms with Crippen LogP contribution in [-0.4, -0.2) is 9.38 Å². The topological polar surface area (TPSA) is 52.5 Å². The quantitative estimate of drug-likeness (QED) is 0.797. The van der Waals surface area contributed by atoms with Gasteiger partial charge in [-0.2, -0.15) is 4.98 Å². The zero-order valence-corrected chi connectivity index (χ0v) is 10.8. The third-order valence-corrected chi connectivity index (χ3v) is 3.07. The smallest absolute Gasteiger partial charge is 0.242 e. The number of nitrogens with zero attached hydrogens (tertiary/aromatic N) is 2. The summed E-state index contributed by atoms with van der Waals surface area (Å²) in [7, 11) is 0. The van der Waals surface area contributed by atoms with Crippen molar-refractivity contribution in [1.29, 1.82) is 0 Å². The van der Waals surface area contributed by atoms with Crippen molar-refractivity contribution < 1.29 is 4.74 Å². The highest BCUT2D eigenvalue weighted by Gasteiger charge is 2.12. The monoisotopic (exact) mass is 273 g/mol. The summed E-state index contributed by atoms with van der Waals surface area (Å²) in [5, 5.41) is 0.668. The largest absolute Gasteiger partial charge is 0.437 e. The number of ether oxygens (including phenoxy) is 1. The van der Waals surface area contributed by atoms with Gasteiger partial charge in [0.2, 0.25) is 5.88 Å². The van der Waals surface area contributed by atoms with Crippen molar-refractivity contribution in [2.45, 2.75) is 6.54 Å². The lowest BCUT2D eigenvalue weighted by Gasteiger charge is -2.04. The number of aromatic nitrogens is 2. The Kier molecular flexibility index (Phi) is 3.11. The summed E-state index contributed by atoms with van der Waals surface area (Å²) >= 11 is 5.84. The lowest BCUT2D eigenvalue weighted by molar-refractivity contribution is 0.459. The first-order valence-corrected chi connectivity index (χ1v) is 6.25. The Morgan fingerprint density at radius 2 is 1.95 bits per heavy atom. The lowest BCUT2D eigenvalue weighted by Crippen LogP contribution is -2.02. The van der Waals surface area contributed by atoms with Crippen LogP contribution in [0.2, 0.25) is 5.02 Å². The number of halogens is 1. The van der Waals surface area contributed by atoms with E-state index in [2.05, 4.69) is 4.98 Å². The lowest BCUT2D eigenvalue weighted by atomic mass is 10.3. The Morgan fingerprint density at radius 1 is 1.16 bits per heavy atom. The number of hydrogen-bond donors (Lipinski definition) is 1. The third-order valence-electron chi connectivity index (χ3n) is 2.81. The van der Waals surface area contributed by atoms with Gasteiger partial charge in [-0.25, -0.2) is 0 Å². The van der Waals surface area contributed by atoms with E-state index in [-0.39, 0.29) is 0 Å². The molecule has 96 valence electrons. The Labute approximate surface area is 115 Å². The van der Waals surface area contributed by atoms with Gasteiger partial charge >= 0.3 is 0 Å². The Bertz CT molecular complexity index is 706. The summed E-state index contributed by atoms with van der Waals surface area (Å²) in [6.45, 7) is 0.355. The molecule has 0 amide bonds. The number of rotatable bonds is 3. The van der Waals surface area contributed by atoms with Crippen molar-refractivity contribution in [3.8, 4) is 11.6 Å². The number of pyridine rings is 1. The van der Waals surface area contributed by atoms with Crippen molar-refractivity contribution in [3.63, 3.8) is 0 Å². The van der Waals surface area contributed by atoms with Crippen LogP contribution in [-0.2, 0) is 6.54 Å². The van der Waals surface area contributed by atoms with E-state index in [9.17, 15) is 0 Å². The van der Waals surface area contributed by atoms with Gasteiger partial charge in [0.1, 0.15) is 17.1 Å². The molecule has 0 aliphatic carbocycles. The molecule has 3 rings (SSSR count). The van der Waals surface area contributed by atoms with Gasteiger partial charge in [0, 0.05) is 17.8 Å². The molecule has 0 spiro atoms. The fourth-order valence-electron chi connectivity index (χ4n) is 1.91. The van der Waals surface area contributed by atoms with Crippen LogP contribution in [0.25, 0.3) is 5.65 Å². The molecular formula is C14H12ClN3O. The molecule has 0 unspecified atom stereocenters. The fourth-order valence-corrected chi connectivity index (χ4v) is 2.03. The van der Waals surface area contributed by atoms with Gasteiger partial charge in [-0.05, 0) is 36.4 Å². The van der Waals surface area contributed by atoms with Crippen molar-refractivity contribution in [3.05, 3.63) is 59.4 Å². The van der Waals surface area contributed by atoms with Crippen LogP contribution in [0.4, 0.5) is 0 Å². The summed E-state index contributed by atoms with van der Waals surface area (Å²) in [5.74, 6) is 1.21. The van der Waals surface area contributed by atoms with Gasteiger partial charge in [-0.15, -0.1) is 0 Å². The SMILES string of the molecule is NCc1c(Oc2ccc(Cl)cc2)nc2ccccn12. The molecule has 0 aliphatic rings. The molecule has 0 atom stereocenters. The molecule has 3 aromatic rings. The van der Waals surface area contributed by atoms with E-state index in [1.54, 1.807) is 24.3 Å². The molecule has 2 N–H and O–H groups in total. The van der Waals surface area contributed by atoms with Crippen LogP contribution in [0.15, 0.2) is 48.7 Å². The Balaban J connectivity index is 2.02. The molecule has 0 saturated carbocycles. The van der Waals surface area contributed by atoms with E-state index < -0.39 is 0 Å².